The molecule has 0 amide bonds. The molecule has 0 saturated carbocycles. The Morgan fingerprint density at radius 1 is 0.500 bits per heavy atom. The maximum absolute atomic E-state index is 6.38. The SMILES string of the molecule is Cc1ccc2c(oc3ccccc32)c1-c1c(C)ccc2oc3ccccc3c12. The molecule has 0 aliphatic heterocycles. The van der Waals surface area contributed by atoms with Gasteiger partial charge in [0.15, 0.2) is 0 Å². The van der Waals surface area contributed by atoms with Gasteiger partial charge >= 0.3 is 0 Å². The lowest BCUT2D eigenvalue weighted by atomic mass is 9.91. The van der Waals surface area contributed by atoms with Crippen molar-refractivity contribution in [3.8, 4) is 11.1 Å². The second-order valence-electron chi connectivity index (χ2n) is 7.46. The van der Waals surface area contributed by atoms with Gasteiger partial charge in [-0.25, -0.2) is 0 Å². The van der Waals surface area contributed by atoms with Crippen LogP contribution < -0.4 is 0 Å². The van der Waals surface area contributed by atoms with Crippen molar-refractivity contribution in [1.29, 1.82) is 0 Å². The number of aryl methyl sites for hydroxylation is 2. The first kappa shape index (κ1) is 15.5. The zero-order chi connectivity index (χ0) is 18.8. The van der Waals surface area contributed by atoms with E-state index in [0.717, 1.165) is 49.4 Å². The Hall–Kier alpha value is -3.52. The van der Waals surface area contributed by atoms with Crippen molar-refractivity contribution >= 4 is 43.9 Å². The lowest BCUT2D eigenvalue weighted by molar-refractivity contribution is 0.668. The van der Waals surface area contributed by atoms with E-state index in [1.807, 2.05) is 24.3 Å². The van der Waals surface area contributed by atoms with Gasteiger partial charge in [-0.1, -0.05) is 54.6 Å². The van der Waals surface area contributed by atoms with E-state index in [1.54, 1.807) is 0 Å². The summed E-state index contributed by atoms with van der Waals surface area (Å²) >= 11 is 0. The Balaban J connectivity index is 1.85. The summed E-state index contributed by atoms with van der Waals surface area (Å²) in [6.07, 6.45) is 0. The van der Waals surface area contributed by atoms with Crippen LogP contribution in [0.3, 0.4) is 0 Å². The largest absolute Gasteiger partial charge is 0.456 e. The Bertz CT molecular complexity index is 1530. The van der Waals surface area contributed by atoms with E-state index >= 15 is 0 Å². The highest BCUT2D eigenvalue weighted by atomic mass is 16.3. The number of fused-ring (bicyclic) bond motifs is 6. The van der Waals surface area contributed by atoms with Gasteiger partial charge in [0.05, 0.1) is 0 Å². The van der Waals surface area contributed by atoms with E-state index in [0.29, 0.717) is 0 Å². The number of furan rings is 2. The zero-order valence-corrected chi connectivity index (χ0v) is 15.7. The average molecular weight is 362 g/mol. The summed E-state index contributed by atoms with van der Waals surface area (Å²) in [6, 6.07) is 25.1. The van der Waals surface area contributed by atoms with E-state index in [9.17, 15) is 0 Å². The second-order valence-corrected chi connectivity index (χ2v) is 7.46. The van der Waals surface area contributed by atoms with E-state index in [1.165, 1.54) is 16.7 Å². The molecule has 0 saturated heterocycles. The van der Waals surface area contributed by atoms with Gasteiger partial charge in [0.25, 0.3) is 0 Å². The van der Waals surface area contributed by atoms with Gasteiger partial charge in [-0.05, 0) is 43.2 Å². The number of hydrogen-bond acceptors (Lipinski definition) is 2. The van der Waals surface area contributed by atoms with Gasteiger partial charge in [0, 0.05) is 32.7 Å². The van der Waals surface area contributed by atoms with Crippen molar-refractivity contribution in [1.82, 2.24) is 0 Å². The lowest BCUT2D eigenvalue weighted by Crippen LogP contribution is -1.89. The monoisotopic (exact) mass is 362 g/mol. The van der Waals surface area contributed by atoms with Crippen LogP contribution in [0.25, 0.3) is 55.0 Å². The normalized spacial score (nSPS) is 11.9. The molecule has 0 bridgehead atoms. The minimum absolute atomic E-state index is 0.911. The van der Waals surface area contributed by atoms with Crippen molar-refractivity contribution in [3.63, 3.8) is 0 Å². The zero-order valence-electron chi connectivity index (χ0n) is 15.7. The molecular formula is C26H18O2. The Morgan fingerprint density at radius 3 is 1.96 bits per heavy atom. The molecule has 134 valence electrons. The van der Waals surface area contributed by atoms with Gasteiger partial charge in [-0.2, -0.15) is 0 Å². The third-order valence-corrected chi connectivity index (χ3v) is 5.76. The first-order valence-electron chi connectivity index (χ1n) is 9.54. The number of rotatable bonds is 1. The molecule has 0 atom stereocenters. The van der Waals surface area contributed by atoms with E-state index in [-0.39, 0.29) is 0 Å². The average Bonchev–Trinajstić information content (AvgIpc) is 3.27. The van der Waals surface area contributed by atoms with Crippen molar-refractivity contribution < 1.29 is 8.83 Å². The third kappa shape index (κ3) is 1.97. The summed E-state index contributed by atoms with van der Waals surface area (Å²) in [5.41, 5.74) is 8.47. The molecule has 0 unspecified atom stereocenters. The van der Waals surface area contributed by atoms with Crippen LogP contribution in [0, 0.1) is 13.8 Å². The smallest absolute Gasteiger partial charge is 0.143 e. The predicted molar refractivity (Wildman–Crippen MR) is 116 cm³/mol. The fourth-order valence-corrected chi connectivity index (χ4v) is 4.44. The molecule has 2 nitrogen and oxygen atoms in total. The Kier molecular flexibility index (Phi) is 3.05. The minimum atomic E-state index is 0.911. The van der Waals surface area contributed by atoms with Crippen LogP contribution >= 0.6 is 0 Å². The Morgan fingerprint density at radius 2 is 1.14 bits per heavy atom. The minimum Gasteiger partial charge on any atom is -0.456 e. The van der Waals surface area contributed by atoms with Gasteiger partial charge in [0.1, 0.15) is 22.3 Å². The molecule has 0 spiro atoms. The molecule has 2 aromatic heterocycles. The molecule has 28 heavy (non-hydrogen) atoms. The van der Waals surface area contributed by atoms with Gasteiger partial charge in [0.2, 0.25) is 0 Å². The van der Waals surface area contributed by atoms with Crippen molar-refractivity contribution in [2.45, 2.75) is 13.8 Å². The summed E-state index contributed by atoms with van der Waals surface area (Å²) in [4.78, 5) is 0. The molecule has 0 aliphatic rings. The highest BCUT2D eigenvalue weighted by Crippen LogP contribution is 2.44. The van der Waals surface area contributed by atoms with Crippen LogP contribution in [0.5, 0.6) is 0 Å². The van der Waals surface area contributed by atoms with Crippen molar-refractivity contribution in [2.24, 2.45) is 0 Å². The summed E-state index contributed by atoms with van der Waals surface area (Å²) in [5, 5.41) is 4.61. The Labute approximate surface area is 162 Å². The van der Waals surface area contributed by atoms with Crippen LogP contribution in [0.2, 0.25) is 0 Å². The molecule has 6 rings (SSSR count). The van der Waals surface area contributed by atoms with Crippen LogP contribution in [0.4, 0.5) is 0 Å². The van der Waals surface area contributed by atoms with E-state index in [2.05, 4.69) is 62.4 Å². The highest BCUT2D eigenvalue weighted by Gasteiger charge is 2.20. The van der Waals surface area contributed by atoms with Gasteiger partial charge in [-0.3, -0.25) is 0 Å². The second kappa shape index (κ2) is 5.49. The lowest BCUT2D eigenvalue weighted by Gasteiger charge is -2.12. The molecule has 0 N–H and O–H groups in total. The van der Waals surface area contributed by atoms with E-state index in [4.69, 9.17) is 8.83 Å². The topological polar surface area (TPSA) is 26.3 Å². The first-order valence-corrected chi connectivity index (χ1v) is 9.54. The summed E-state index contributed by atoms with van der Waals surface area (Å²) in [6.45, 7) is 4.32. The summed E-state index contributed by atoms with van der Waals surface area (Å²) < 4.78 is 12.5. The van der Waals surface area contributed by atoms with Crippen LogP contribution in [0.15, 0.2) is 81.6 Å². The van der Waals surface area contributed by atoms with Crippen molar-refractivity contribution in [3.05, 3.63) is 83.9 Å². The van der Waals surface area contributed by atoms with Crippen molar-refractivity contribution in [2.75, 3.05) is 0 Å². The predicted octanol–water partition coefficient (Wildman–Crippen LogP) is 7.77. The standard InChI is InChI=1S/C26H18O2/c1-15-12-14-22-25(19-8-4-6-10-21(19)27-22)23(15)24-16(2)11-13-18-17-7-3-5-9-20(17)28-26(18)24/h3-14H,1-2H3. The maximum Gasteiger partial charge on any atom is 0.143 e. The first-order chi connectivity index (χ1) is 13.7. The highest BCUT2D eigenvalue weighted by molar-refractivity contribution is 6.18. The number of benzene rings is 4. The van der Waals surface area contributed by atoms with Crippen LogP contribution in [0.1, 0.15) is 11.1 Å². The maximum atomic E-state index is 6.38. The molecule has 2 heteroatoms. The number of hydrogen-bond donors (Lipinski definition) is 0. The van der Waals surface area contributed by atoms with Gasteiger partial charge < -0.3 is 8.83 Å². The number of para-hydroxylation sites is 2. The van der Waals surface area contributed by atoms with E-state index < -0.39 is 0 Å². The van der Waals surface area contributed by atoms with Crippen LogP contribution in [-0.4, -0.2) is 0 Å². The molecule has 0 aliphatic carbocycles. The fraction of sp³-hybridized carbons (Fsp3) is 0.0769. The molecule has 0 radical (unpaired) electrons. The molecule has 6 aromatic rings. The van der Waals surface area contributed by atoms with Crippen LogP contribution in [-0.2, 0) is 0 Å². The molecule has 2 heterocycles. The third-order valence-electron chi connectivity index (χ3n) is 5.76. The quantitative estimate of drug-likeness (QED) is 0.299. The fourth-order valence-electron chi connectivity index (χ4n) is 4.44. The molecule has 0 fully saturated rings. The summed E-state index contributed by atoms with van der Waals surface area (Å²) in [5.74, 6) is 0. The summed E-state index contributed by atoms with van der Waals surface area (Å²) in [7, 11) is 0. The molecular weight excluding hydrogens is 344 g/mol. The van der Waals surface area contributed by atoms with Gasteiger partial charge in [-0.15, -0.1) is 0 Å². The molecule has 4 aromatic carbocycles.